The third-order valence-corrected chi connectivity index (χ3v) is 6.57. The van der Waals surface area contributed by atoms with Gasteiger partial charge in [0.15, 0.2) is 0 Å². The number of aromatic nitrogens is 2. The van der Waals surface area contributed by atoms with E-state index in [9.17, 15) is 4.79 Å². The van der Waals surface area contributed by atoms with Gasteiger partial charge in [0.25, 0.3) is 0 Å². The zero-order valence-electron chi connectivity index (χ0n) is 13.2. The molecule has 2 unspecified atom stereocenters. The number of piperidine rings is 1. The molecule has 1 saturated carbocycles. The molecule has 2 saturated heterocycles. The maximum absolute atomic E-state index is 12.8. The first-order valence-electron chi connectivity index (χ1n) is 8.54. The van der Waals surface area contributed by atoms with Gasteiger partial charge < -0.3 is 9.80 Å². The van der Waals surface area contributed by atoms with Gasteiger partial charge in [-0.1, -0.05) is 17.8 Å². The van der Waals surface area contributed by atoms with Gasteiger partial charge in [-0.2, -0.15) is 0 Å². The van der Waals surface area contributed by atoms with Crippen LogP contribution in [0.4, 0.5) is 5.13 Å². The summed E-state index contributed by atoms with van der Waals surface area (Å²) in [6.45, 7) is 5.91. The van der Waals surface area contributed by atoms with Crippen LogP contribution in [0.15, 0.2) is 0 Å². The number of nitrogens with zero attached hydrogens (tertiary/aromatic N) is 4. The van der Waals surface area contributed by atoms with Crippen molar-refractivity contribution in [3.8, 4) is 0 Å². The zero-order valence-corrected chi connectivity index (χ0v) is 14.0. The molecule has 0 radical (unpaired) electrons. The molecule has 22 heavy (non-hydrogen) atoms. The van der Waals surface area contributed by atoms with E-state index in [1.807, 2.05) is 6.92 Å². The maximum Gasteiger partial charge on any atom is 0.225 e. The number of carbonyl (C=O) groups is 1. The number of hydrogen-bond acceptors (Lipinski definition) is 5. The smallest absolute Gasteiger partial charge is 0.225 e. The molecule has 0 bridgehead atoms. The first-order chi connectivity index (χ1) is 10.7. The van der Waals surface area contributed by atoms with Crippen molar-refractivity contribution in [1.29, 1.82) is 0 Å². The number of likely N-dealkylation sites (tertiary alicyclic amines) is 1. The standard InChI is InChI=1S/C16H24N4OS/c1-11-17-18-16(22-11)19-7-5-12(6-8-19)15(21)20-9-13-3-2-4-14(13)10-20/h12-14H,2-10H2,1H3. The van der Waals surface area contributed by atoms with Crippen molar-refractivity contribution in [2.75, 3.05) is 31.1 Å². The molecule has 1 aromatic rings. The Morgan fingerprint density at radius 3 is 2.36 bits per heavy atom. The molecule has 5 nitrogen and oxygen atoms in total. The van der Waals surface area contributed by atoms with E-state index in [-0.39, 0.29) is 5.92 Å². The molecule has 2 aliphatic heterocycles. The fraction of sp³-hybridized carbons (Fsp3) is 0.812. The molecule has 3 heterocycles. The van der Waals surface area contributed by atoms with Crippen LogP contribution in [-0.2, 0) is 4.79 Å². The lowest BCUT2D eigenvalue weighted by Crippen LogP contribution is -2.42. The highest BCUT2D eigenvalue weighted by molar-refractivity contribution is 7.15. The Bertz CT molecular complexity index is 540. The summed E-state index contributed by atoms with van der Waals surface area (Å²) in [5.74, 6) is 2.24. The molecule has 1 aliphatic carbocycles. The van der Waals surface area contributed by atoms with Gasteiger partial charge in [0, 0.05) is 32.1 Å². The van der Waals surface area contributed by atoms with E-state index in [4.69, 9.17) is 0 Å². The summed E-state index contributed by atoms with van der Waals surface area (Å²) in [6, 6.07) is 0. The van der Waals surface area contributed by atoms with Crippen LogP contribution < -0.4 is 4.90 Å². The minimum atomic E-state index is 0.226. The first-order valence-corrected chi connectivity index (χ1v) is 9.36. The third-order valence-electron chi connectivity index (χ3n) is 5.67. The van der Waals surface area contributed by atoms with Crippen molar-refractivity contribution < 1.29 is 4.79 Å². The molecule has 6 heteroatoms. The predicted molar refractivity (Wildman–Crippen MR) is 87.0 cm³/mol. The molecule has 3 fully saturated rings. The van der Waals surface area contributed by atoms with Crippen molar-refractivity contribution in [2.45, 2.75) is 39.0 Å². The monoisotopic (exact) mass is 320 g/mol. The van der Waals surface area contributed by atoms with Crippen LogP contribution in [0.3, 0.4) is 0 Å². The lowest BCUT2D eigenvalue weighted by molar-refractivity contribution is -0.135. The Morgan fingerprint density at radius 1 is 1.09 bits per heavy atom. The average molecular weight is 320 g/mol. The molecular weight excluding hydrogens is 296 g/mol. The summed E-state index contributed by atoms with van der Waals surface area (Å²) < 4.78 is 0. The highest BCUT2D eigenvalue weighted by atomic mass is 32.1. The number of carbonyl (C=O) groups excluding carboxylic acids is 1. The van der Waals surface area contributed by atoms with E-state index in [2.05, 4.69) is 20.0 Å². The number of hydrogen-bond donors (Lipinski definition) is 0. The predicted octanol–water partition coefficient (Wildman–Crippen LogP) is 2.32. The third kappa shape index (κ3) is 2.62. The van der Waals surface area contributed by atoms with Gasteiger partial charge in [0.2, 0.25) is 11.0 Å². The van der Waals surface area contributed by atoms with Crippen LogP contribution in [0.25, 0.3) is 0 Å². The van der Waals surface area contributed by atoms with E-state index in [0.717, 1.165) is 61.0 Å². The van der Waals surface area contributed by atoms with E-state index >= 15 is 0 Å². The molecule has 3 aliphatic rings. The minimum absolute atomic E-state index is 0.226. The summed E-state index contributed by atoms with van der Waals surface area (Å²) >= 11 is 1.65. The highest BCUT2D eigenvalue weighted by Crippen LogP contribution is 2.38. The van der Waals surface area contributed by atoms with Crippen molar-refractivity contribution in [2.24, 2.45) is 17.8 Å². The summed E-state index contributed by atoms with van der Waals surface area (Å²) in [6.07, 6.45) is 5.97. The van der Waals surface area contributed by atoms with Crippen LogP contribution in [0.1, 0.15) is 37.1 Å². The fourth-order valence-corrected chi connectivity index (χ4v) is 5.14. The Labute approximate surface area is 135 Å². The topological polar surface area (TPSA) is 49.3 Å². The van der Waals surface area contributed by atoms with Gasteiger partial charge in [0.1, 0.15) is 5.01 Å². The second-order valence-electron chi connectivity index (χ2n) is 7.06. The maximum atomic E-state index is 12.8. The number of rotatable bonds is 2. The van der Waals surface area contributed by atoms with E-state index < -0.39 is 0 Å². The summed E-state index contributed by atoms with van der Waals surface area (Å²) in [7, 11) is 0. The number of anilines is 1. The van der Waals surface area contributed by atoms with Crippen molar-refractivity contribution in [1.82, 2.24) is 15.1 Å². The largest absolute Gasteiger partial charge is 0.347 e. The molecule has 4 rings (SSSR count). The van der Waals surface area contributed by atoms with Crippen LogP contribution >= 0.6 is 11.3 Å². The van der Waals surface area contributed by atoms with E-state index in [1.165, 1.54) is 19.3 Å². The lowest BCUT2D eigenvalue weighted by atomic mass is 9.95. The van der Waals surface area contributed by atoms with Gasteiger partial charge in [-0.3, -0.25) is 4.79 Å². The quantitative estimate of drug-likeness (QED) is 0.839. The number of amides is 1. The Kier molecular flexibility index (Phi) is 3.80. The second kappa shape index (κ2) is 5.80. The molecule has 0 spiro atoms. The van der Waals surface area contributed by atoms with Crippen LogP contribution in [-0.4, -0.2) is 47.2 Å². The van der Waals surface area contributed by atoms with Crippen LogP contribution in [0.5, 0.6) is 0 Å². The van der Waals surface area contributed by atoms with Crippen LogP contribution in [0, 0.1) is 24.7 Å². The fourth-order valence-electron chi connectivity index (χ4n) is 4.40. The second-order valence-corrected chi connectivity index (χ2v) is 8.22. The highest BCUT2D eigenvalue weighted by Gasteiger charge is 2.40. The Hall–Kier alpha value is -1.17. The van der Waals surface area contributed by atoms with Crippen LogP contribution in [0.2, 0.25) is 0 Å². The van der Waals surface area contributed by atoms with Gasteiger partial charge >= 0.3 is 0 Å². The SMILES string of the molecule is Cc1nnc(N2CCC(C(=O)N3CC4CCCC4C3)CC2)s1. The average Bonchev–Trinajstić information content (AvgIpc) is 3.22. The first kappa shape index (κ1) is 14.4. The lowest BCUT2D eigenvalue weighted by Gasteiger charge is -2.33. The number of aryl methyl sites for hydroxylation is 1. The summed E-state index contributed by atoms with van der Waals surface area (Å²) in [4.78, 5) is 17.2. The van der Waals surface area contributed by atoms with Crippen molar-refractivity contribution in [3.05, 3.63) is 5.01 Å². The summed E-state index contributed by atoms with van der Waals surface area (Å²) in [5, 5.41) is 10.3. The van der Waals surface area contributed by atoms with Crippen molar-refractivity contribution >= 4 is 22.4 Å². The van der Waals surface area contributed by atoms with Gasteiger partial charge in [0.05, 0.1) is 0 Å². The minimum Gasteiger partial charge on any atom is -0.347 e. The Balaban J connectivity index is 1.32. The van der Waals surface area contributed by atoms with E-state index in [1.54, 1.807) is 11.3 Å². The zero-order chi connectivity index (χ0) is 15.1. The normalized spacial score (nSPS) is 29.1. The molecule has 0 N–H and O–H groups in total. The molecule has 2 atom stereocenters. The molecule has 1 aromatic heterocycles. The molecule has 0 aromatic carbocycles. The summed E-state index contributed by atoms with van der Waals surface area (Å²) in [5.41, 5.74) is 0. The van der Waals surface area contributed by atoms with Gasteiger partial charge in [-0.05, 0) is 44.4 Å². The molecule has 1 amide bonds. The van der Waals surface area contributed by atoms with Crippen molar-refractivity contribution in [3.63, 3.8) is 0 Å². The van der Waals surface area contributed by atoms with Gasteiger partial charge in [-0.25, -0.2) is 0 Å². The van der Waals surface area contributed by atoms with E-state index in [0.29, 0.717) is 5.91 Å². The Morgan fingerprint density at radius 2 is 1.77 bits per heavy atom. The van der Waals surface area contributed by atoms with Gasteiger partial charge in [-0.15, -0.1) is 10.2 Å². The number of fused-ring (bicyclic) bond motifs is 1. The molecular formula is C16H24N4OS. The molecule has 120 valence electrons.